The highest BCUT2D eigenvalue weighted by Crippen LogP contribution is 2.33. The minimum atomic E-state index is -4.27. The number of nitrogens with one attached hydrogen (secondary N) is 1. The number of nitriles is 1. The van der Waals surface area contributed by atoms with E-state index in [1.165, 1.54) is 16.2 Å². The van der Waals surface area contributed by atoms with Crippen molar-refractivity contribution in [2.45, 2.75) is 64.5 Å². The van der Waals surface area contributed by atoms with E-state index < -0.39 is 35.0 Å². The van der Waals surface area contributed by atoms with Crippen molar-refractivity contribution >= 4 is 48.3 Å². The zero-order valence-electron chi connectivity index (χ0n) is 27.5. The maximum atomic E-state index is 12.9. The molecule has 0 radical (unpaired) electrons. The van der Waals surface area contributed by atoms with Gasteiger partial charge in [0.25, 0.3) is 0 Å². The van der Waals surface area contributed by atoms with E-state index in [0.29, 0.717) is 54.5 Å². The van der Waals surface area contributed by atoms with Gasteiger partial charge >= 0.3 is 6.18 Å². The summed E-state index contributed by atoms with van der Waals surface area (Å²) < 4.78 is 79.5. The predicted octanol–water partition coefficient (Wildman–Crippen LogP) is 5.31. The van der Waals surface area contributed by atoms with E-state index in [9.17, 15) is 31.2 Å². The van der Waals surface area contributed by atoms with Gasteiger partial charge in [-0.1, -0.05) is 6.07 Å². The van der Waals surface area contributed by atoms with Crippen LogP contribution in [0, 0.1) is 18.3 Å². The summed E-state index contributed by atoms with van der Waals surface area (Å²) in [5, 5.41) is 15.1. The van der Waals surface area contributed by atoms with Crippen LogP contribution in [0.1, 0.15) is 41.5 Å². The number of likely N-dealkylation sites (tertiary alicyclic amines) is 1. The number of alkyl halides is 4. The number of piperidine rings is 1. The minimum absolute atomic E-state index is 0.0590. The van der Waals surface area contributed by atoms with Gasteiger partial charge in [-0.2, -0.15) is 22.7 Å². The number of benzene rings is 1. The van der Waals surface area contributed by atoms with Crippen LogP contribution in [0.15, 0.2) is 30.6 Å². The Morgan fingerprint density at radius 3 is 2.49 bits per heavy atom. The number of aryl methyl sites for hydroxylation is 1. The van der Waals surface area contributed by atoms with Gasteiger partial charge in [0, 0.05) is 80.2 Å². The molecule has 5 heterocycles. The van der Waals surface area contributed by atoms with Crippen LogP contribution in [0.2, 0.25) is 0 Å². The molecule has 1 aromatic carbocycles. The second-order valence-corrected chi connectivity index (χ2v) is 16.2. The fourth-order valence-corrected chi connectivity index (χ4v) is 9.18. The van der Waals surface area contributed by atoms with Crippen LogP contribution < -0.4 is 5.32 Å². The molecule has 0 amide bonds. The van der Waals surface area contributed by atoms with Crippen LogP contribution >= 0.6 is 11.3 Å². The van der Waals surface area contributed by atoms with Crippen molar-refractivity contribution in [1.82, 2.24) is 28.6 Å². The molecule has 0 unspecified atom stereocenters. The molecule has 0 saturated carbocycles. The molecule has 16 heteroatoms. The van der Waals surface area contributed by atoms with Crippen molar-refractivity contribution in [1.29, 1.82) is 5.26 Å². The third kappa shape index (κ3) is 8.01. The molecule has 3 aromatic heterocycles. The minimum Gasteiger partial charge on any atom is -0.367 e. The van der Waals surface area contributed by atoms with Gasteiger partial charge < -0.3 is 9.88 Å². The van der Waals surface area contributed by atoms with E-state index in [0.717, 1.165) is 60.3 Å². The van der Waals surface area contributed by atoms with Gasteiger partial charge in [-0.05, 0) is 56.0 Å². The van der Waals surface area contributed by atoms with Gasteiger partial charge in [0.1, 0.15) is 35.4 Å². The van der Waals surface area contributed by atoms with Crippen LogP contribution in [0.4, 0.5) is 23.4 Å². The summed E-state index contributed by atoms with van der Waals surface area (Å²) in [6, 6.07) is 10.3. The Labute approximate surface area is 287 Å². The Balaban J connectivity index is 1.07. The lowest BCUT2D eigenvalue weighted by Crippen LogP contribution is -2.52. The summed E-state index contributed by atoms with van der Waals surface area (Å²) in [4.78, 5) is 13.9. The molecule has 2 fully saturated rings. The average molecular weight is 721 g/mol. The summed E-state index contributed by atoms with van der Waals surface area (Å²) in [6.45, 7) is 8.05. The van der Waals surface area contributed by atoms with Gasteiger partial charge in [-0.3, -0.25) is 9.80 Å². The Morgan fingerprint density at radius 1 is 1.08 bits per heavy atom. The first kappa shape index (κ1) is 35.5. The lowest BCUT2D eigenvalue weighted by Gasteiger charge is -2.37. The SMILES string of the molecule is Cc1c(CN2CCC(Nc3ncnc4sc(CC(F)(F)F)cc34)CC2)ccc2c1cc(C#N)n2C[C@H](C)N1CCN(S(=O)(=O)CCF)CC1. The highest BCUT2D eigenvalue weighted by Gasteiger charge is 2.31. The van der Waals surface area contributed by atoms with Crippen molar-refractivity contribution in [2.24, 2.45) is 0 Å². The number of rotatable bonds is 11. The highest BCUT2D eigenvalue weighted by molar-refractivity contribution is 7.89. The fourth-order valence-electron chi connectivity index (χ4n) is 6.99. The van der Waals surface area contributed by atoms with Gasteiger partial charge in [-0.25, -0.2) is 22.8 Å². The zero-order valence-corrected chi connectivity index (χ0v) is 29.1. The fraction of sp³-hybridized carbons (Fsp3) is 0.545. The number of thiophene rings is 1. The third-order valence-electron chi connectivity index (χ3n) is 9.73. The number of halogens is 4. The van der Waals surface area contributed by atoms with Gasteiger partial charge in [0.15, 0.2) is 0 Å². The molecule has 0 bridgehead atoms. The zero-order chi connectivity index (χ0) is 34.9. The number of fused-ring (bicyclic) bond motifs is 2. The van der Waals surface area contributed by atoms with Crippen LogP contribution in [0.25, 0.3) is 21.1 Å². The first-order valence-electron chi connectivity index (χ1n) is 16.4. The number of anilines is 1. The molecule has 1 N–H and O–H groups in total. The molecule has 0 aliphatic carbocycles. The first-order chi connectivity index (χ1) is 23.3. The highest BCUT2D eigenvalue weighted by atomic mass is 32.2. The van der Waals surface area contributed by atoms with Crippen molar-refractivity contribution in [3.63, 3.8) is 0 Å². The van der Waals surface area contributed by atoms with Crippen molar-refractivity contribution in [3.05, 3.63) is 52.3 Å². The summed E-state index contributed by atoms with van der Waals surface area (Å²) in [7, 11) is -3.58. The molecule has 1 atom stereocenters. The van der Waals surface area contributed by atoms with Crippen molar-refractivity contribution < 1.29 is 26.0 Å². The first-order valence-corrected chi connectivity index (χ1v) is 18.9. The number of nitrogens with zero attached hydrogens (tertiary/aromatic N) is 7. The second-order valence-electron chi connectivity index (χ2n) is 13.0. The molecule has 264 valence electrons. The number of sulfonamides is 1. The molecule has 0 spiro atoms. The van der Waals surface area contributed by atoms with E-state index in [4.69, 9.17) is 0 Å². The van der Waals surface area contributed by atoms with Crippen LogP contribution in [-0.2, 0) is 29.5 Å². The summed E-state index contributed by atoms with van der Waals surface area (Å²) in [6.07, 6.45) is -2.14. The third-order valence-corrected chi connectivity index (χ3v) is 12.6. The topological polar surface area (TPSA) is 110 Å². The lowest BCUT2D eigenvalue weighted by molar-refractivity contribution is -0.126. The Hall–Kier alpha value is -3.36. The van der Waals surface area contributed by atoms with Crippen molar-refractivity contribution in [3.8, 4) is 6.07 Å². The molecule has 10 nitrogen and oxygen atoms in total. The average Bonchev–Trinajstić information content (AvgIpc) is 3.63. The molecule has 2 saturated heterocycles. The summed E-state index contributed by atoms with van der Waals surface area (Å²) in [5.41, 5.74) is 3.88. The van der Waals surface area contributed by atoms with Gasteiger partial charge in [0.05, 0.1) is 17.6 Å². The maximum Gasteiger partial charge on any atom is 0.393 e. The van der Waals surface area contributed by atoms with Crippen LogP contribution in [0.5, 0.6) is 0 Å². The van der Waals surface area contributed by atoms with Crippen LogP contribution in [-0.4, -0.2) is 107 Å². The molecule has 6 rings (SSSR count). The number of hydrogen-bond donors (Lipinski definition) is 1. The van der Waals surface area contributed by atoms with E-state index in [1.54, 1.807) is 6.07 Å². The normalized spacial score (nSPS) is 18.3. The second kappa shape index (κ2) is 14.5. The van der Waals surface area contributed by atoms with Gasteiger partial charge in [0.2, 0.25) is 10.0 Å². The number of aromatic nitrogens is 3. The largest absolute Gasteiger partial charge is 0.393 e. The monoisotopic (exact) mass is 720 g/mol. The Morgan fingerprint density at radius 2 is 1.82 bits per heavy atom. The number of piperazine rings is 1. The van der Waals surface area contributed by atoms with Gasteiger partial charge in [-0.15, -0.1) is 11.3 Å². The Kier molecular flexibility index (Phi) is 10.5. The lowest BCUT2D eigenvalue weighted by atomic mass is 10.0. The summed E-state index contributed by atoms with van der Waals surface area (Å²) in [5.74, 6) is 0.0914. The standard InChI is InChI=1S/C33H40F4N8O2S2/c1-22(43-10-12-44(13-11-43)49(46,47)14-7-34)19-45-26(18-38)15-28-23(2)24(3-4-30(28)45)20-42-8-5-25(6-9-42)41-31-29-16-27(17-33(35,36)37)48-32(29)40-21-39-31/h3-4,15-16,21-22,25H,5-14,17,19-20H2,1-2H3,(H,39,40,41)/t22-/m0/s1. The number of hydrogen-bond acceptors (Lipinski definition) is 9. The molecule has 2 aliphatic heterocycles. The molecular formula is C33H40F4N8O2S2. The predicted molar refractivity (Wildman–Crippen MR) is 183 cm³/mol. The molecule has 49 heavy (non-hydrogen) atoms. The van der Waals surface area contributed by atoms with E-state index in [1.807, 2.05) is 10.6 Å². The van der Waals surface area contributed by atoms with Crippen LogP contribution in [0.3, 0.4) is 0 Å². The molecule has 4 aromatic rings. The summed E-state index contributed by atoms with van der Waals surface area (Å²) >= 11 is 1.05. The Bertz CT molecular complexity index is 1940. The smallest absolute Gasteiger partial charge is 0.367 e. The van der Waals surface area contributed by atoms with E-state index in [-0.39, 0.29) is 17.0 Å². The van der Waals surface area contributed by atoms with E-state index in [2.05, 4.69) is 57.1 Å². The van der Waals surface area contributed by atoms with Crippen molar-refractivity contribution in [2.75, 3.05) is 57.0 Å². The molecular weight excluding hydrogens is 681 g/mol. The van der Waals surface area contributed by atoms with E-state index >= 15 is 0 Å². The maximum absolute atomic E-state index is 12.9. The molecule has 2 aliphatic rings. The quantitative estimate of drug-likeness (QED) is 0.208.